The molecule has 1 aromatic carbocycles. The molecule has 1 fully saturated rings. The second-order valence-electron chi connectivity index (χ2n) is 11.2. The number of benzene rings is 1. The van der Waals surface area contributed by atoms with Crippen molar-refractivity contribution in [3.63, 3.8) is 0 Å². The summed E-state index contributed by atoms with van der Waals surface area (Å²) in [4.78, 5) is 23.3. The molecule has 2 N–H and O–H groups in total. The van der Waals surface area contributed by atoms with E-state index < -0.39 is 36.5 Å². The van der Waals surface area contributed by atoms with Gasteiger partial charge in [0.2, 0.25) is 6.29 Å². The molecule has 3 aliphatic rings. The zero-order valence-corrected chi connectivity index (χ0v) is 22.9. The smallest absolute Gasteiger partial charge is 0.303 e. The van der Waals surface area contributed by atoms with E-state index in [0.29, 0.717) is 11.8 Å². The van der Waals surface area contributed by atoms with Crippen LogP contribution in [0.4, 0.5) is 0 Å². The van der Waals surface area contributed by atoms with E-state index in [-0.39, 0.29) is 29.9 Å². The third-order valence-corrected chi connectivity index (χ3v) is 8.05. The highest BCUT2D eigenvalue weighted by Gasteiger charge is 2.47. The van der Waals surface area contributed by atoms with Gasteiger partial charge in [0.1, 0.15) is 0 Å². The summed E-state index contributed by atoms with van der Waals surface area (Å²) >= 11 is 0. The molecule has 204 valence electrons. The van der Waals surface area contributed by atoms with Crippen LogP contribution in [0.2, 0.25) is 0 Å². The van der Waals surface area contributed by atoms with Crippen molar-refractivity contribution >= 4 is 11.9 Å². The van der Waals surface area contributed by atoms with E-state index in [1.807, 2.05) is 6.92 Å². The van der Waals surface area contributed by atoms with Crippen LogP contribution >= 0.6 is 0 Å². The number of phenolic OH excluding ortho intramolecular Hbond substituents is 1. The standard InChI is InChI=1S/C29H40O8/c1-13(2)10-19-11-15(4)20-9-8-14(3)22-24(20)23(19)16(5)27(25(22)32)37-29-26(33)28(36-18(7)31)21(12-34-29)35-17(6)30/h10,14-15,19-21,26,28-29,32-33H,8-9,11-12H2,1-7H3/t14-,15-,19+,20+,21?,26?,28?,29?/m0/s1. The maximum atomic E-state index is 11.7. The van der Waals surface area contributed by atoms with Gasteiger partial charge in [-0.25, -0.2) is 0 Å². The number of aliphatic hydroxyl groups is 1. The summed E-state index contributed by atoms with van der Waals surface area (Å²) in [5.74, 6) is 0.384. The fourth-order valence-corrected chi connectivity index (χ4v) is 6.57. The van der Waals surface area contributed by atoms with Gasteiger partial charge in [-0.15, -0.1) is 0 Å². The van der Waals surface area contributed by atoms with Gasteiger partial charge in [-0.1, -0.05) is 25.5 Å². The first-order valence-electron chi connectivity index (χ1n) is 13.3. The number of hydrogen-bond acceptors (Lipinski definition) is 8. The van der Waals surface area contributed by atoms with Gasteiger partial charge in [0.25, 0.3) is 0 Å². The van der Waals surface area contributed by atoms with Gasteiger partial charge in [-0.3, -0.25) is 9.59 Å². The fraction of sp³-hybridized carbons (Fsp3) is 0.655. The molecule has 0 radical (unpaired) electrons. The summed E-state index contributed by atoms with van der Waals surface area (Å²) in [6, 6.07) is 0. The first-order valence-corrected chi connectivity index (χ1v) is 13.3. The van der Waals surface area contributed by atoms with Crippen LogP contribution in [0.15, 0.2) is 11.6 Å². The van der Waals surface area contributed by atoms with Crippen molar-refractivity contribution in [3.8, 4) is 11.5 Å². The molecule has 8 atom stereocenters. The minimum absolute atomic E-state index is 0.0837. The van der Waals surface area contributed by atoms with Crippen LogP contribution in [0.3, 0.4) is 0 Å². The molecule has 1 aliphatic heterocycles. The molecular weight excluding hydrogens is 476 g/mol. The molecule has 0 spiro atoms. The molecule has 2 aliphatic carbocycles. The lowest BCUT2D eigenvalue weighted by atomic mass is 9.62. The van der Waals surface area contributed by atoms with Crippen LogP contribution in [0, 0.1) is 12.8 Å². The number of carbonyl (C=O) groups excluding carboxylic acids is 2. The van der Waals surface area contributed by atoms with E-state index in [2.05, 4.69) is 33.8 Å². The Morgan fingerprint density at radius 1 is 1.00 bits per heavy atom. The van der Waals surface area contributed by atoms with Crippen molar-refractivity contribution in [2.75, 3.05) is 6.61 Å². The number of carbonyl (C=O) groups is 2. The van der Waals surface area contributed by atoms with Gasteiger partial charge in [0, 0.05) is 25.3 Å². The van der Waals surface area contributed by atoms with Gasteiger partial charge in [-0.05, 0) is 74.5 Å². The van der Waals surface area contributed by atoms with E-state index in [1.165, 1.54) is 30.5 Å². The Morgan fingerprint density at radius 2 is 1.68 bits per heavy atom. The number of phenols is 1. The van der Waals surface area contributed by atoms with E-state index in [1.54, 1.807) is 0 Å². The van der Waals surface area contributed by atoms with Crippen LogP contribution in [-0.4, -0.2) is 53.4 Å². The highest BCUT2D eigenvalue weighted by molar-refractivity contribution is 5.67. The van der Waals surface area contributed by atoms with Crippen LogP contribution in [-0.2, 0) is 23.8 Å². The Kier molecular flexibility index (Phi) is 7.91. The Labute approximate surface area is 218 Å². The Morgan fingerprint density at radius 3 is 2.30 bits per heavy atom. The third kappa shape index (κ3) is 5.23. The molecular formula is C29H40O8. The van der Waals surface area contributed by atoms with Crippen molar-refractivity contribution in [2.24, 2.45) is 5.92 Å². The predicted octanol–water partition coefficient (Wildman–Crippen LogP) is 4.73. The lowest BCUT2D eigenvalue weighted by Crippen LogP contribution is -2.57. The predicted molar refractivity (Wildman–Crippen MR) is 137 cm³/mol. The minimum Gasteiger partial charge on any atom is -0.504 e. The molecule has 0 bridgehead atoms. The lowest BCUT2D eigenvalue weighted by Gasteiger charge is -2.44. The van der Waals surface area contributed by atoms with Crippen molar-refractivity contribution in [3.05, 3.63) is 33.9 Å². The number of hydrogen-bond donors (Lipinski definition) is 2. The average molecular weight is 517 g/mol. The number of esters is 2. The highest BCUT2D eigenvalue weighted by atomic mass is 16.7. The van der Waals surface area contributed by atoms with Gasteiger partial charge in [0.15, 0.2) is 29.8 Å². The zero-order chi connectivity index (χ0) is 27.2. The summed E-state index contributed by atoms with van der Waals surface area (Å²) in [5, 5.41) is 22.6. The molecule has 0 aromatic heterocycles. The van der Waals surface area contributed by atoms with Gasteiger partial charge >= 0.3 is 11.9 Å². The summed E-state index contributed by atoms with van der Waals surface area (Å²) in [6.45, 7) is 12.9. The normalized spacial score (nSPS) is 32.6. The second kappa shape index (κ2) is 10.7. The quantitative estimate of drug-likeness (QED) is 0.427. The van der Waals surface area contributed by atoms with E-state index in [9.17, 15) is 19.8 Å². The maximum Gasteiger partial charge on any atom is 0.303 e. The average Bonchev–Trinajstić information content (AvgIpc) is 2.78. The zero-order valence-electron chi connectivity index (χ0n) is 22.9. The molecule has 4 unspecified atom stereocenters. The summed E-state index contributed by atoms with van der Waals surface area (Å²) < 4.78 is 22.5. The van der Waals surface area contributed by atoms with Crippen LogP contribution in [0.5, 0.6) is 11.5 Å². The van der Waals surface area contributed by atoms with Crippen molar-refractivity contribution in [2.45, 2.75) is 110 Å². The monoisotopic (exact) mass is 516 g/mol. The number of aromatic hydroxyl groups is 1. The first kappa shape index (κ1) is 27.5. The van der Waals surface area contributed by atoms with Crippen LogP contribution in [0.1, 0.15) is 101 Å². The number of aliphatic hydroxyl groups excluding tert-OH is 1. The molecule has 0 saturated carbocycles. The fourth-order valence-electron chi connectivity index (χ4n) is 6.57. The van der Waals surface area contributed by atoms with Crippen LogP contribution < -0.4 is 4.74 Å². The van der Waals surface area contributed by atoms with Gasteiger partial charge in [-0.2, -0.15) is 0 Å². The lowest BCUT2D eigenvalue weighted by molar-refractivity contribution is -0.254. The maximum absolute atomic E-state index is 11.7. The number of ether oxygens (including phenoxy) is 4. The molecule has 4 rings (SSSR count). The van der Waals surface area contributed by atoms with Crippen molar-refractivity contribution in [1.29, 1.82) is 0 Å². The number of rotatable bonds is 5. The second-order valence-corrected chi connectivity index (χ2v) is 11.2. The van der Waals surface area contributed by atoms with Crippen molar-refractivity contribution in [1.82, 2.24) is 0 Å². The molecule has 1 aromatic rings. The molecule has 8 nitrogen and oxygen atoms in total. The molecule has 37 heavy (non-hydrogen) atoms. The summed E-state index contributed by atoms with van der Waals surface area (Å²) in [5.41, 5.74) is 5.42. The molecule has 8 heteroatoms. The van der Waals surface area contributed by atoms with E-state index in [0.717, 1.165) is 30.4 Å². The summed E-state index contributed by atoms with van der Waals surface area (Å²) in [7, 11) is 0. The Balaban J connectivity index is 1.77. The largest absolute Gasteiger partial charge is 0.504 e. The van der Waals surface area contributed by atoms with Gasteiger partial charge in [0.05, 0.1) is 6.61 Å². The number of allylic oxidation sites excluding steroid dienone is 2. The molecule has 1 heterocycles. The third-order valence-electron chi connectivity index (χ3n) is 8.05. The van der Waals surface area contributed by atoms with E-state index in [4.69, 9.17) is 18.9 Å². The minimum atomic E-state index is -1.44. The Bertz CT molecular complexity index is 1090. The van der Waals surface area contributed by atoms with Crippen molar-refractivity contribution < 1.29 is 38.7 Å². The molecule has 1 saturated heterocycles. The topological polar surface area (TPSA) is 112 Å². The Hall–Kier alpha value is -2.58. The van der Waals surface area contributed by atoms with E-state index >= 15 is 0 Å². The highest BCUT2D eigenvalue weighted by Crippen LogP contribution is 2.58. The first-order chi connectivity index (χ1) is 17.4. The van der Waals surface area contributed by atoms with Gasteiger partial charge < -0.3 is 29.2 Å². The van der Waals surface area contributed by atoms with Crippen LogP contribution in [0.25, 0.3) is 0 Å². The molecule has 0 amide bonds. The summed E-state index contributed by atoms with van der Waals surface area (Å²) in [6.07, 6.45) is 0.573. The SMILES string of the molecule is CC(=O)OC1COC(Oc2c(C)c3c4c(c2O)[C@@H](C)CC[C@@H]4[C@@H](C)C[C@H]3C=C(C)C)C(O)C1OC(C)=O.